The Morgan fingerprint density at radius 3 is 2.38 bits per heavy atom. The van der Waals surface area contributed by atoms with Gasteiger partial charge in [0, 0.05) is 67.1 Å². The van der Waals surface area contributed by atoms with Crippen molar-refractivity contribution in [2.24, 2.45) is 0 Å². The van der Waals surface area contributed by atoms with Gasteiger partial charge < -0.3 is 23.7 Å². The number of carbonyl (C=O) groups is 3. The quantitative estimate of drug-likeness (QED) is 0.0481. The van der Waals surface area contributed by atoms with E-state index in [1.54, 1.807) is 6.07 Å². The van der Waals surface area contributed by atoms with E-state index in [0.29, 0.717) is 43.8 Å². The van der Waals surface area contributed by atoms with Gasteiger partial charge in [-0.2, -0.15) is 4.58 Å². The summed E-state index contributed by atoms with van der Waals surface area (Å²) < 4.78 is 52.1. The van der Waals surface area contributed by atoms with Crippen molar-refractivity contribution in [1.29, 1.82) is 0 Å². The molecule has 0 bridgehead atoms. The molecule has 0 aliphatic carbocycles. The van der Waals surface area contributed by atoms with E-state index >= 15 is 0 Å². The number of nitrogens with zero attached hydrogens (tertiary/aromatic N) is 3. The van der Waals surface area contributed by atoms with Crippen LogP contribution in [0.4, 0.5) is 11.4 Å². The van der Waals surface area contributed by atoms with Crippen LogP contribution in [0.3, 0.4) is 0 Å². The second kappa shape index (κ2) is 16.1. The first-order valence-electron chi connectivity index (χ1n) is 18.2. The molecule has 2 aromatic carbocycles. The van der Waals surface area contributed by atoms with Gasteiger partial charge in [-0.3, -0.25) is 9.59 Å². The number of amides is 2. The third-order valence-electron chi connectivity index (χ3n) is 11.3. The number of unbranched alkanes of at least 4 members (excludes halogenated alkanes) is 2. The van der Waals surface area contributed by atoms with Gasteiger partial charge in [-0.05, 0) is 64.8 Å². The molecule has 0 saturated carbocycles. The fourth-order valence-corrected chi connectivity index (χ4v) is 10.5. The molecular weight excluding hydrogens is 756 g/mol. The molecule has 4 aliphatic heterocycles. The van der Waals surface area contributed by atoms with E-state index in [4.69, 9.17) is 4.84 Å². The molecule has 288 valence electrons. The molecule has 4 aliphatic rings. The SMILES string of the molecule is CC1(C)C(/C=C/C=C/C=C2\C(C)(C)c3ccccc3[N+]23CCCC3S(=O)(=O)[O-])=[N+](CCCCCC(=O)ON2C(=O)CCC2=O)c2ccc(P(=O)([O-])O)cc21.[Na+]. The molecular formula is C39H46N3NaO10PS+. The van der Waals surface area contributed by atoms with Crippen molar-refractivity contribution in [3.63, 3.8) is 0 Å². The minimum atomic E-state index is -4.77. The van der Waals surface area contributed by atoms with Crippen LogP contribution in [0.2, 0.25) is 0 Å². The zero-order valence-electron chi connectivity index (χ0n) is 31.9. The monoisotopic (exact) mass is 802 g/mol. The molecule has 3 unspecified atom stereocenters. The van der Waals surface area contributed by atoms with E-state index < -0.39 is 51.7 Å². The molecule has 1 N–H and O–H groups in total. The van der Waals surface area contributed by atoms with E-state index in [1.807, 2.05) is 82.3 Å². The first-order valence-corrected chi connectivity index (χ1v) is 21.2. The zero-order chi connectivity index (χ0) is 39.3. The first-order chi connectivity index (χ1) is 25.3. The average molecular weight is 803 g/mol. The third kappa shape index (κ3) is 8.08. The van der Waals surface area contributed by atoms with Gasteiger partial charge in [0.2, 0.25) is 5.69 Å². The maximum Gasteiger partial charge on any atom is 1.00 e. The van der Waals surface area contributed by atoms with Crippen LogP contribution >= 0.6 is 7.60 Å². The summed E-state index contributed by atoms with van der Waals surface area (Å²) in [7, 11) is -9.38. The summed E-state index contributed by atoms with van der Waals surface area (Å²) >= 11 is 0. The van der Waals surface area contributed by atoms with E-state index in [9.17, 15) is 41.7 Å². The Labute approximate surface area is 344 Å². The Hall–Kier alpha value is -3.04. The van der Waals surface area contributed by atoms with E-state index in [-0.39, 0.29) is 65.0 Å². The van der Waals surface area contributed by atoms with Crippen molar-refractivity contribution in [2.45, 2.75) is 95.3 Å². The predicted octanol–water partition coefficient (Wildman–Crippen LogP) is 1.37. The maximum atomic E-state index is 12.6. The fourth-order valence-electron chi connectivity index (χ4n) is 8.71. The average Bonchev–Trinajstić information content (AvgIpc) is 3.79. The Balaban J connectivity index is 0.00000580. The Bertz CT molecular complexity index is 2170. The molecule has 2 fully saturated rings. The molecule has 13 nitrogen and oxygen atoms in total. The number of para-hydroxylation sites is 1. The zero-order valence-corrected chi connectivity index (χ0v) is 35.6. The molecule has 6 rings (SSSR count). The summed E-state index contributed by atoms with van der Waals surface area (Å²) in [6.45, 7) is 9.06. The van der Waals surface area contributed by atoms with Crippen LogP contribution in [0.25, 0.3) is 0 Å². The van der Waals surface area contributed by atoms with Gasteiger partial charge in [-0.15, -0.1) is 5.06 Å². The molecule has 2 amide bonds. The normalized spacial score (nSPS) is 24.6. The Morgan fingerprint density at radius 1 is 1.02 bits per heavy atom. The smallest absolute Gasteiger partial charge is 0.775 e. The minimum Gasteiger partial charge on any atom is -0.775 e. The van der Waals surface area contributed by atoms with E-state index in [0.717, 1.165) is 33.9 Å². The number of rotatable bonds is 12. The van der Waals surface area contributed by atoms with Gasteiger partial charge in [0.05, 0.1) is 17.4 Å². The molecule has 1 spiro atoms. The number of benzene rings is 2. The molecule has 0 radical (unpaired) electrons. The second-order valence-electron chi connectivity index (χ2n) is 15.4. The Kier molecular flexibility index (Phi) is 12.6. The second-order valence-corrected chi connectivity index (χ2v) is 18.4. The van der Waals surface area contributed by atoms with Crippen LogP contribution in [0.15, 0.2) is 78.5 Å². The van der Waals surface area contributed by atoms with Crippen LogP contribution in [0.1, 0.15) is 90.2 Å². The minimum absolute atomic E-state index is 0. The summed E-state index contributed by atoms with van der Waals surface area (Å²) in [5.74, 6) is -1.72. The van der Waals surface area contributed by atoms with Gasteiger partial charge in [0.25, 0.3) is 11.8 Å². The van der Waals surface area contributed by atoms with Crippen molar-refractivity contribution in [3.8, 4) is 0 Å². The van der Waals surface area contributed by atoms with Crippen LogP contribution < -0.4 is 44.2 Å². The number of hydroxylamine groups is 2. The number of imide groups is 1. The summed E-state index contributed by atoms with van der Waals surface area (Å²) in [6.07, 6.45) is 12.1. The number of hydrogen-bond donors (Lipinski definition) is 1. The molecule has 0 aromatic heterocycles. The molecule has 2 aromatic rings. The van der Waals surface area contributed by atoms with E-state index in [1.165, 1.54) is 12.1 Å². The Morgan fingerprint density at radius 2 is 1.71 bits per heavy atom. The van der Waals surface area contributed by atoms with E-state index in [2.05, 4.69) is 4.58 Å². The summed E-state index contributed by atoms with van der Waals surface area (Å²) in [5.41, 5.74) is 3.83. The van der Waals surface area contributed by atoms with Crippen molar-refractivity contribution < 1.29 is 80.7 Å². The van der Waals surface area contributed by atoms with Gasteiger partial charge >= 0.3 is 35.5 Å². The molecule has 3 atom stereocenters. The van der Waals surface area contributed by atoms with Crippen LogP contribution in [0, 0.1) is 0 Å². The van der Waals surface area contributed by atoms with Crippen molar-refractivity contribution in [2.75, 3.05) is 13.1 Å². The molecule has 4 heterocycles. The number of hydrogen-bond acceptors (Lipinski definition) is 9. The van der Waals surface area contributed by atoms with Crippen LogP contribution in [-0.4, -0.2) is 69.5 Å². The van der Waals surface area contributed by atoms with Gasteiger partial charge in [-0.1, -0.05) is 36.4 Å². The predicted molar refractivity (Wildman–Crippen MR) is 200 cm³/mol. The maximum absolute atomic E-state index is 12.6. The summed E-state index contributed by atoms with van der Waals surface area (Å²) in [4.78, 5) is 62.7. The van der Waals surface area contributed by atoms with Gasteiger partial charge in [0.1, 0.15) is 17.9 Å². The number of allylic oxidation sites excluding steroid dienone is 6. The topological polar surface area (TPSA) is 184 Å². The molecule has 55 heavy (non-hydrogen) atoms. The summed E-state index contributed by atoms with van der Waals surface area (Å²) in [6, 6.07) is 12.3. The third-order valence-corrected chi connectivity index (χ3v) is 13.5. The van der Waals surface area contributed by atoms with Crippen molar-refractivity contribution in [1.82, 2.24) is 9.55 Å². The fraction of sp³-hybridized carbons (Fsp3) is 0.436. The first kappa shape index (κ1) is 43.1. The van der Waals surface area contributed by atoms with Crippen LogP contribution in [-0.2, 0) is 44.7 Å². The van der Waals surface area contributed by atoms with Gasteiger partial charge in [0.15, 0.2) is 28.8 Å². The number of fused-ring (bicyclic) bond motifs is 3. The van der Waals surface area contributed by atoms with Crippen molar-refractivity contribution in [3.05, 3.63) is 89.7 Å². The molecule has 2 saturated heterocycles. The standard InChI is InChI=1S/C39H46N3O10PS.Na/c1-38(2)29-26-27(53(46,47)48)20-21-30(29)40(24-12-6-9-19-37(45)52-41-34(43)22-23-35(41)44)32(38)16-7-5-8-17-33-39(3,4)28-14-10-11-15-31(28)42(33)25-13-18-36(42)54(49,50)51;/h5,7-8,10-11,14-17,20-21,26,36H,6,9,12-13,18-19,22-25H2,1-4H3,(H-2,46,47,48,49,50,51);/q;+1/b8-5+,16-7+,33-17+;. The van der Waals surface area contributed by atoms with Crippen molar-refractivity contribution >= 4 is 57.9 Å². The molecule has 16 heteroatoms. The van der Waals surface area contributed by atoms with Gasteiger partial charge in [-0.25, -0.2) is 17.7 Å². The largest absolute Gasteiger partial charge is 1.00 e. The number of quaternary nitrogens is 1. The van der Waals surface area contributed by atoms with Crippen LogP contribution in [0.5, 0.6) is 0 Å². The number of carbonyl (C=O) groups excluding carboxylic acids is 3. The summed E-state index contributed by atoms with van der Waals surface area (Å²) in [5, 5.41) is -0.759.